The highest BCUT2D eigenvalue weighted by Crippen LogP contribution is 2.34. The topological polar surface area (TPSA) is 38.7 Å². The molecule has 3 nitrogen and oxygen atoms in total. The fourth-order valence-electron chi connectivity index (χ4n) is 2.20. The van der Waals surface area contributed by atoms with Crippen LogP contribution in [-0.4, -0.2) is 19.1 Å². The molecule has 1 N–H and O–H groups in total. The van der Waals surface area contributed by atoms with E-state index in [1.165, 1.54) is 0 Å². The van der Waals surface area contributed by atoms with Gasteiger partial charge in [-0.15, -0.1) is 0 Å². The van der Waals surface area contributed by atoms with Gasteiger partial charge in [-0.25, -0.2) is 0 Å². The molecule has 1 fully saturated rings. The minimum atomic E-state index is -0.321. The molecule has 4 heteroatoms. The molecule has 2 aromatic rings. The number of benzene rings is 2. The molecule has 96 valence electrons. The van der Waals surface area contributed by atoms with Crippen molar-refractivity contribution in [2.75, 3.05) is 6.61 Å². The molecule has 0 aromatic heterocycles. The van der Waals surface area contributed by atoms with Gasteiger partial charge < -0.3 is 14.5 Å². The highest BCUT2D eigenvalue weighted by molar-refractivity contribution is 6.45. The Hall–Kier alpha value is -1.62. The third kappa shape index (κ3) is 2.71. The molecule has 0 aliphatic carbocycles. The summed E-state index contributed by atoms with van der Waals surface area (Å²) in [7, 11) is 0.0549. The normalized spacial score (nSPS) is 22.4. The maximum absolute atomic E-state index is 9.02. The maximum atomic E-state index is 9.02. The van der Waals surface area contributed by atoms with E-state index in [0.717, 1.165) is 16.6 Å². The van der Waals surface area contributed by atoms with Crippen LogP contribution in [0.5, 0.6) is 0 Å². The Balaban J connectivity index is 1.71. The summed E-state index contributed by atoms with van der Waals surface area (Å²) in [6.07, 6.45) is -0.332. The Bertz CT molecular complexity index is 527. The lowest BCUT2D eigenvalue weighted by atomic mass is 9.88. The number of hydrogen-bond donors (Lipinski definition) is 1. The molecule has 19 heavy (non-hydrogen) atoms. The largest absolute Gasteiger partial charge is 0.449 e. The van der Waals surface area contributed by atoms with Gasteiger partial charge in [0.2, 0.25) is 0 Å². The molecule has 2 aromatic carbocycles. The standard InChI is InChI=1S/C15H15BO3/c17-16-13-8-6-12(7-9-13)15-18-10-14(19-15)11-4-2-1-3-5-11/h1-9,14-17H,10H2. The quantitative estimate of drug-likeness (QED) is 0.842. The van der Waals surface area contributed by atoms with Gasteiger partial charge in [-0.2, -0.15) is 0 Å². The summed E-state index contributed by atoms with van der Waals surface area (Å²) >= 11 is 0. The fraction of sp³-hybridized carbons (Fsp3) is 0.200. The van der Waals surface area contributed by atoms with Crippen LogP contribution in [0.15, 0.2) is 54.6 Å². The van der Waals surface area contributed by atoms with Crippen molar-refractivity contribution in [2.45, 2.75) is 12.4 Å². The predicted molar refractivity (Wildman–Crippen MR) is 74.4 cm³/mol. The van der Waals surface area contributed by atoms with Crippen LogP contribution in [0, 0.1) is 0 Å². The Kier molecular flexibility index (Phi) is 3.64. The van der Waals surface area contributed by atoms with E-state index in [1.807, 2.05) is 54.6 Å². The second kappa shape index (κ2) is 5.57. The zero-order valence-corrected chi connectivity index (χ0v) is 10.5. The van der Waals surface area contributed by atoms with E-state index in [0.29, 0.717) is 6.61 Å². The van der Waals surface area contributed by atoms with Gasteiger partial charge >= 0.3 is 7.48 Å². The van der Waals surface area contributed by atoms with E-state index in [1.54, 1.807) is 0 Å². The van der Waals surface area contributed by atoms with Crippen molar-refractivity contribution in [2.24, 2.45) is 0 Å². The first-order valence-corrected chi connectivity index (χ1v) is 6.38. The molecule has 1 aliphatic rings. The summed E-state index contributed by atoms with van der Waals surface area (Å²) in [4.78, 5) is 0. The van der Waals surface area contributed by atoms with Gasteiger partial charge in [-0.3, -0.25) is 0 Å². The van der Waals surface area contributed by atoms with Crippen molar-refractivity contribution in [1.82, 2.24) is 0 Å². The molecular weight excluding hydrogens is 239 g/mol. The average Bonchev–Trinajstić information content (AvgIpc) is 2.98. The van der Waals surface area contributed by atoms with E-state index >= 15 is 0 Å². The Morgan fingerprint density at radius 2 is 1.68 bits per heavy atom. The van der Waals surface area contributed by atoms with Crippen LogP contribution in [0.4, 0.5) is 0 Å². The predicted octanol–water partition coefficient (Wildman–Crippen LogP) is 1.44. The molecular formula is C15H15BO3. The van der Waals surface area contributed by atoms with Gasteiger partial charge in [0.15, 0.2) is 6.29 Å². The van der Waals surface area contributed by atoms with Crippen molar-refractivity contribution in [3.8, 4) is 0 Å². The van der Waals surface area contributed by atoms with Crippen molar-refractivity contribution < 1.29 is 14.5 Å². The first-order chi connectivity index (χ1) is 9.36. The molecule has 0 spiro atoms. The minimum Gasteiger partial charge on any atom is -0.449 e. The first kappa shape index (κ1) is 12.4. The Labute approximate surface area is 113 Å². The first-order valence-electron chi connectivity index (χ1n) is 6.38. The van der Waals surface area contributed by atoms with Crippen LogP contribution in [0.2, 0.25) is 0 Å². The van der Waals surface area contributed by atoms with E-state index in [9.17, 15) is 0 Å². The lowest BCUT2D eigenvalue weighted by Gasteiger charge is -2.12. The molecule has 0 saturated carbocycles. The number of ether oxygens (including phenoxy) is 2. The number of hydrogen-bond acceptors (Lipinski definition) is 3. The Morgan fingerprint density at radius 1 is 0.947 bits per heavy atom. The lowest BCUT2D eigenvalue weighted by molar-refractivity contribution is -0.0607. The SMILES string of the molecule is OBc1ccc(C2OCC(c3ccccc3)O2)cc1. The number of rotatable bonds is 3. The average molecular weight is 254 g/mol. The van der Waals surface area contributed by atoms with Crippen LogP contribution >= 0.6 is 0 Å². The second-order valence-corrected chi connectivity index (χ2v) is 4.60. The molecule has 0 radical (unpaired) electrons. The summed E-state index contributed by atoms with van der Waals surface area (Å²) in [5.74, 6) is 0. The highest BCUT2D eigenvalue weighted by Gasteiger charge is 2.28. The zero-order chi connectivity index (χ0) is 13.1. The van der Waals surface area contributed by atoms with Gasteiger partial charge in [-0.05, 0) is 5.56 Å². The van der Waals surface area contributed by atoms with Crippen LogP contribution < -0.4 is 5.46 Å². The molecule has 1 aliphatic heterocycles. The zero-order valence-electron chi connectivity index (χ0n) is 10.5. The van der Waals surface area contributed by atoms with Gasteiger partial charge in [0.05, 0.1) is 6.61 Å². The van der Waals surface area contributed by atoms with E-state index in [4.69, 9.17) is 14.5 Å². The minimum absolute atomic E-state index is 0.0104. The third-order valence-electron chi connectivity index (χ3n) is 3.29. The van der Waals surface area contributed by atoms with Gasteiger partial charge in [-0.1, -0.05) is 60.1 Å². The van der Waals surface area contributed by atoms with Crippen molar-refractivity contribution in [3.63, 3.8) is 0 Å². The molecule has 1 heterocycles. The smallest absolute Gasteiger partial charge is 0.304 e. The van der Waals surface area contributed by atoms with E-state index in [-0.39, 0.29) is 19.9 Å². The molecule has 3 rings (SSSR count). The van der Waals surface area contributed by atoms with Gasteiger partial charge in [0.1, 0.15) is 6.10 Å². The second-order valence-electron chi connectivity index (χ2n) is 4.60. The molecule has 0 bridgehead atoms. The van der Waals surface area contributed by atoms with E-state index < -0.39 is 0 Å². The summed E-state index contributed by atoms with van der Waals surface area (Å²) < 4.78 is 11.6. The van der Waals surface area contributed by atoms with Gasteiger partial charge in [0, 0.05) is 5.56 Å². The summed E-state index contributed by atoms with van der Waals surface area (Å²) in [5, 5.41) is 9.02. The summed E-state index contributed by atoms with van der Waals surface area (Å²) in [6, 6.07) is 17.7. The fourth-order valence-corrected chi connectivity index (χ4v) is 2.20. The van der Waals surface area contributed by atoms with Crippen LogP contribution in [0.1, 0.15) is 23.5 Å². The van der Waals surface area contributed by atoms with Crippen molar-refractivity contribution in [3.05, 3.63) is 65.7 Å². The van der Waals surface area contributed by atoms with Crippen LogP contribution in [-0.2, 0) is 9.47 Å². The monoisotopic (exact) mass is 254 g/mol. The van der Waals surface area contributed by atoms with Crippen molar-refractivity contribution >= 4 is 12.9 Å². The molecule has 2 unspecified atom stereocenters. The summed E-state index contributed by atoms with van der Waals surface area (Å²) in [5.41, 5.74) is 3.01. The molecule has 2 atom stereocenters. The van der Waals surface area contributed by atoms with Crippen LogP contribution in [0.25, 0.3) is 0 Å². The van der Waals surface area contributed by atoms with E-state index in [2.05, 4.69) is 0 Å². The Morgan fingerprint density at radius 3 is 2.37 bits per heavy atom. The molecule has 1 saturated heterocycles. The van der Waals surface area contributed by atoms with Crippen molar-refractivity contribution in [1.29, 1.82) is 0 Å². The van der Waals surface area contributed by atoms with Gasteiger partial charge in [0.25, 0.3) is 0 Å². The molecule has 0 amide bonds. The third-order valence-corrected chi connectivity index (χ3v) is 3.29. The lowest BCUT2D eigenvalue weighted by Crippen LogP contribution is -2.13. The highest BCUT2D eigenvalue weighted by atomic mass is 16.7. The maximum Gasteiger partial charge on any atom is 0.304 e. The van der Waals surface area contributed by atoms with Crippen LogP contribution in [0.3, 0.4) is 0 Å². The summed E-state index contributed by atoms with van der Waals surface area (Å²) in [6.45, 7) is 0.566.